The molecule has 0 unspecified atom stereocenters. The highest BCUT2D eigenvalue weighted by molar-refractivity contribution is 5.61. The second-order valence-corrected chi connectivity index (χ2v) is 2.92. The molecule has 1 rings (SSSR count). The average Bonchev–Trinajstić information content (AvgIpc) is 2.18. The lowest BCUT2D eigenvalue weighted by atomic mass is 10.3. The highest BCUT2D eigenvalue weighted by Gasteiger charge is 2.07. The van der Waals surface area contributed by atoms with Crippen molar-refractivity contribution in [3.05, 3.63) is 6.33 Å². The molecule has 5 heteroatoms. The molecule has 0 saturated heterocycles. The SMILES string of the molecule is CCCCNc1ncnc(N)c1OC. The Hall–Kier alpha value is -1.52. The zero-order valence-corrected chi connectivity index (χ0v) is 8.58. The van der Waals surface area contributed by atoms with E-state index in [0.29, 0.717) is 17.4 Å². The number of aromatic nitrogens is 2. The summed E-state index contributed by atoms with van der Waals surface area (Å²) in [5.74, 6) is 1.54. The van der Waals surface area contributed by atoms with Crippen molar-refractivity contribution in [1.82, 2.24) is 9.97 Å². The van der Waals surface area contributed by atoms with E-state index in [-0.39, 0.29) is 0 Å². The van der Waals surface area contributed by atoms with Crippen LogP contribution in [0, 0.1) is 0 Å². The van der Waals surface area contributed by atoms with E-state index in [4.69, 9.17) is 10.5 Å². The fraction of sp³-hybridized carbons (Fsp3) is 0.556. The van der Waals surface area contributed by atoms with E-state index < -0.39 is 0 Å². The Morgan fingerprint density at radius 1 is 1.50 bits per heavy atom. The van der Waals surface area contributed by atoms with Gasteiger partial charge in [-0.1, -0.05) is 13.3 Å². The second kappa shape index (κ2) is 5.26. The first-order valence-electron chi connectivity index (χ1n) is 4.68. The first-order valence-corrected chi connectivity index (χ1v) is 4.68. The lowest BCUT2D eigenvalue weighted by Crippen LogP contribution is -2.07. The van der Waals surface area contributed by atoms with Crippen molar-refractivity contribution in [2.45, 2.75) is 19.8 Å². The van der Waals surface area contributed by atoms with E-state index in [9.17, 15) is 0 Å². The molecule has 3 N–H and O–H groups in total. The Morgan fingerprint density at radius 3 is 2.93 bits per heavy atom. The molecule has 1 heterocycles. The zero-order chi connectivity index (χ0) is 10.4. The van der Waals surface area contributed by atoms with Crippen molar-refractivity contribution in [2.75, 3.05) is 24.7 Å². The van der Waals surface area contributed by atoms with Crippen LogP contribution in [0.1, 0.15) is 19.8 Å². The van der Waals surface area contributed by atoms with Crippen molar-refractivity contribution in [3.8, 4) is 5.75 Å². The molecule has 14 heavy (non-hydrogen) atoms. The van der Waals surface area contributed by atoms with Gasteiger partial charge in [-0.05, 0) is 6.42 Å². The van der Waals surface area contributed by atoms with Crippen molar-refractivity contribution < 1.29 is 4.74 Å². The average molecular weight is 196 g/mol. The lowest BCUT2D eigenvalue weighted by Gasteiger charge is -2.10. The van der Waals surface area contributed by atoms with E-state index in [2.05, 4.69) is 22.2 Å². The number of rotatable bonds is 5. The first-order chi connectivity index (χ1) is 6.79. The topological polar surface area (TPSA) is 73.1 Å². The van der Waals surface area contributed by atoms with Crippen LogP contribution < -0.4 is 15.8 Å². The molecule has 0 aliphatic heterocycles. The third kappa shape index (κ3) is 2.48. The summed E-state index contributed by atoms with van der Waals surface area (Å²) < 4.78 is 5.09. The molecule has 0 atom stereocenters. The van der Waals surface area contributed by atoms with Crippen LogP contribution in [-0.4, -0.2) is 23.6 Å². The van der Waals surface area contributed by atoms with Crippen molar-refractivity contribution in [1.29, 1.82) is 0 Å². The van der Waals surface area contributed by atoms with Crippen molar-refractivity contribution in [2.24, 2.45) is 0 Å². The number of methoxy groups -OCH3 is 1. The Kier molecular flexibility index (Phi) is 3.97. The standard InChI is InChI=1S/C9H16N4O/c1-3-4-5-11-9-7(14-2)8(10)12-6-13-9/h6H,3-5H2,1-2H3,(H3,10,11,12,13). The Balaban J connectivity index is 2.70. The predicted molar refractivity (Wildman–Crippen MR) is 56.4 cm³/mol. The third-order valence-electron chi connectivity index (χ3n) is 1.86. The molecular formula is C9H16N4O. The number of nitrogens with one attached hydrogen (secondary N) is 1. The van der Waals surface area contributed by atoms with Gasteiger partial charge in [-0.3, -0.25) is 0 Å². The lowest BCUT2D eigenvalue weighted by molar-refractivity contribution is 0.415. The molecule has 1 aromatic rings. The molecule has 0 aliphatic carbocycles. The van der Waals surface area contributed by atoms with E-state index >= 15 is 0 Å². The van der Waals surface area contributed by atoms with E-state index in [1.165, 1.54) is 6.33 Å². The number of anilines is 2. The van der Waals surface area contributed by atoms with Gasteiger partial charge < -0.3 is 15.8 Å². The smallest absolute Gasteiger partial charge is 0.203 e. The quantitative estimate of drug-likeness (QED) is 0.694. The number of nitrogens with zero attached hydrogens (tertiary/aromatic N) is 2. The van der Waals surface area contributed by atoms with Crippen LogP contribution >= 0.6 is 0 Å². The van der Waals surface area contributed by atoms with Crippen LogP contribution in [-0.2, 0) is 0 Å². The fourth-order valence-corrected chi connectivity index (χ4v) is 1.10. The first kappa shape index (κ1) is 10.6. The van der Waals surface area contributed by atoms with Gasteiger partial charge in [0.05, 0.1) is 7.11 Å². The molecule has 0 aliphatic rings. The number of ether oxygens (including phenoxy) is 1. The molecule has 0 bridgehead atoms. The van der Waals surface area contributed by atoms with Crippen molar-refractivity contribution in [3.63, 3.8) is 0 Å². The van der Waals surface area contributed by atoms with Crippen molar-refractivity contribution >= 4 is 11.6 Å². The summed E-state index contributed by atoms with van der Waals surface area (Å²) in [5.41, 5.74) is 5.62. The summed E-state index contributed by atoms with van der Waals surface area (Å²) in [5, 5.41) is 3.15. The van der Waals surface area contributed by atoms with Crippen LogP contribution in [0.2, 0.25) is 0 Å². The van der Waals surface area contributed by atoms with Crippen LogP contribution in [0.4, 0.5) is 11.6 Å². The van der Waals surface area contributed by atoms with Gasteiger partial charge in [-0.25, -0.2) is 9.97 Å². The van der Waals surface area contributed by atoms with E-state index in [0.717, 1.165) is 19.4 Å². The predicted octanol–water partition coefficient (Wildman–Crippen LogP) is 1.28. The molecule has 0 fully saturated rings. The summed E-state index contributed by atoms with van der Waals surface area (Å²) in [7, 11) is 1.56. The van der Waals surface area contributed by atoms with Crippen LogP contribution in [0.3, 0.4) is 0 Å². The maximum atomic E-state index is 5.62. The monoisotopic (exact) mass is 196 g/mol. The van der Waals surface area contributed by atoms with Crippen LogP contribution in [0.25, 0.3) is 0 Å². The minimum Gasteiger partial charge on any atom is -0.490 e. The summed E-state index contributed by atoms with van der Waals surface area (Å²) in [6, 6.07) is 0. The van der Waals surface area contributed by atoms with Gasteiger partial charge in [0.25, 0.3) is 0 Å². The maximum absolute atomic E-state index is 5.62. The van der Waals surface area contributed by atoms with Gasteiger partial charge in [0.2, 0.25) is 5.75 Å². The number of nitrogens with two attached hydrogens (primary N) is 1. The zero-order valence-electron chi connectivity index (χ0n) is 8.58. The highest BCUT2D eigenvalue weighted by atomic mass is 16.5. The number of unbranched alkanes of at least 4 members (excludes halogenated alkanes) is 1. The van der Waals surface area contributed by atoms with Crippen LogP contribution in [0.5, 0.6) is 5.75 Å². The van der Waals surface area contributed by atoms with Gasteiger partial charge in [0.1, 0.15) is 6.33 Å². The fourth-order valence-electron chi connectivity index (χ4n) is 1.10. The maximum Gasteiger partial charge on any atom is 0.203 e. The third-order valence-corrected chi connectivity index (χ3v) is 1.86. The molecular weight excluding hydrogens is 180 g/mol. The minimum absolute atomic E-state index is 0.362. The summed E-state index contributed by atoms with van der Waals surface area (Å²) in [6.45, 7) is 3.00. The van der Waals surface area contributed by atoms with Gasteiger partial charge in [0, 0.05) is 6.54 Å². The summed E-state index contributed by atoms with van der Waals surface area (Å²) in [4.78, 5) is 7.90. The molecule has 78 valence electrons. The molecule has 0 amide bonds. The Bertz CT molecular complexity index is 290. The van der Waals surface area contributed by atoms with Gasteiger partial charge in [-0.15, -0.1) is 0 Å². The Labute approximate surface area is 83.7 Å². The number of hydrogen-bond acceptors (Lipinski definition) is 5. The summed E-state index contributed by atoms with van der Waals surface area (Å²) in [6.07, 6.45) is 3.65. The molecule has 0 aromatic carbocycles. The molecule has 0 spiro atoms. The molecule has 1 aromatic heterocycles. The molecule has 5 nitrogen and oxygen atoms in total. The van der Waals surface area contributed by atoms with E-state index in [1.807, 2.05) is 0 Å². The molecule has 0 saturated carbocycles. The molecule has 0 radical (unpaired) electrons. The van der Waals surface area contributed by atoms with Gasteiger partial charge in [0.15, 0.2) is 11.6 Å². The highest BCUT2D eigenvalue weighted by Crippen LogP contribution is 2.25. The van der Waals surface area contributed by atoms with Crippen LogP contribution in [0.15, 0.2) is 6.33 Å². The number of nitrogen functional groups attached to an aromatic ring is 1. The summed E-state index contributed by atoms with van der Waals surface area (Å²) >= 11 is 0. The Morgan fingerprint density at radius 2 is 2.29 bits per heavy atom. The van der Waals surface area contributed by atoms with E-state index in [1.54, 1.807) is 7.11 Å². The normalized spacial score (nSPS) is 9.86. The second-order valence-electron chi connectivity index (χ2n) is 2.92. The minimum atomic E-state index is 0.362. The van der Waals surface area contributed by atoms with Gasteiger partial charge >= 0.3 is 0 Å². The largest absolute Gasteiger partial charge is 0.490 e. The number of hydrogen-bond donors (Lipinski definition) is 2. The van der Waals surface area contributed by atoms with Gasteiger partial charge in [-0.2, -0.15) is 0 Å².